The largest absolute Gasteiger partial charge is 0.493 e. The van der Waals surface area contributed by atoms with Crippen molar-refractivity contribution in [1.29, 1.82) is 0 Å². The van der Waals surface area contributed by atoms with Gasteiger partial charge in [-0.2, -0.15) is 0 Å². The van der Waals surface area contributed by atoms with E-state index in [0.29, 0.717) is 30.3 Å². The third kappa shape index (κ3) is 4.10. The monoisotopic (exact) mass is 371 g/mol. The zero-order chi connectivity index (χ0) is 19.4. The van der Waals surface area contributed by atoms with Crippen molar-refractivity contribution in [3.8, 4) is 23.0 Å². The molecule has 0 saturated heterocycles. The zero-order valence-corrected chi connectivity index (χ0v) is 16.1. The first-order chi connectivity index (χ1) is 13.0. The summed E-state index contributed by atoms with van der Waals surface area (Å²) in [4.78, 5) is 12.5. The van der Waals surface area contributed by atoms with Crippen LogP contribution in [0.3, 0.4) is 0 Å². The number of benzene rings is 2. The number of carbonyl (C=O) groups excluding carboxylic acids is 1. The summed E-state index contributed by atoms with van der Waals surface area (Å²) in [5.74, 6) is 2.53. The van der Waals surface area contributed by atoms with Crippen LogP contribution < -0.4 is 24.3 Å². The number of ether oxygens (including phenoxy) is 4. The molecule has 0 bridgehead atoms. The van der Waals surface area contributed by atoms with Crippen LogP contribution in [0.5, 0.6) is 23.0 Å². The van der Waals surface area contributed by atoms with Crippen LogP contribution in [-0.2, 0) is 17.6 Å². The molecule has 1 aliphatic rings. The van der Waals surface area contributed by atoms with Gasteiger partial charge < -0.3 is 24.3 Å². The lowest BCUT2D eigenvalue weighted by Gasteiger charge is -2.19. The van der Waals surface area contributed by atoms with E-state index in [9.17, 15) is 4.79 Å². The lowest BCUT2D eigenvalue weighted by molar-refractivity contribution is -0.121. The number of carbonyl (C=O) groups is 1. The van der Waals surface area contributed by atoms with Crippen LogP contribution in [0.1, 0.15) is 29.7 Å². The van der Waals surface area contributed by atoms with E-state index in [1.54, 1.807) is 21.3 Å². The van der Waals surface area contributed by atoms with Crippen LogP contribution in [0.25, 0.3) is 0 Å². The van der Waals surface area contributed by atoms with Crippen molar-refractivity contribution in [2.24, 2.45) is 0 Å². The Hall–Kier alpha value is -2.89. The highest BCUT2D eigenvalue weighted by molar-refractivity contribution is 5.79. The molecule has 1 heterocycles. The first-order valence-electron chi connectivity index (χ1n) is 8.89. The van der Waals surface area contributed by atoms with Gasteiger partial charge in [-0.05, 0) is 41.8 Å². The summed E-state index contributed by atoms with van der Waals surface area (Å²) in [6.07, 6.45) is 1.22. The summed E-state index contributed by atoms with van der Waals surface area (Å²) >= 11 is 0. The minimum absolute atomic E-state index is 0.0462. The van der Waals surface area contributed by atoms with Crippen molar-refractivity contribution in [3.05, 3.63) is 47.0 Å². The summed E-state index contributed by atoms with van der Waals surface area (Å²) in [6.45, 7) is 2.64. The average molecular weight is 371 g/mol. The molecular weight excluding hydrogens is 346 g/mol. The summed E-state index contributed by atoms with van der Waals surface area (Å²) in [5, 5.41) is 3.03. The molecule has 6 heteroatoms. The highest BCUT2D eigenvalue weighted by Crippen LogP contribution is 2.39. The predicted molar refractivity (Wildman–Crippen MR) is 102 cm³/mol. The Labute approximate surface area is 159 Å². The Morgan fingerprint density at radius 1 is 1.11 bits per heavy atom. The van der Waals surface area contributed by atoms with Gasteiger partial charge in [-0.15, -0.1) is 0 Å². The molecule has 2 aromatic rings. The number of nitrogens with one attached hydrogen (secondary N) is 1. The molecule has 0 spiro atoms. The Kier molecular flexibility index (Phi) is 5.74. The van der Waals surface area contributed by atoms with Gasteiger partial charge in [0, 0.05) is 6.42 Å². The number of amides is 1. The molecule has 0 aliphatic carbocycles. The Morgan fingerprint density at radius 3 is 2.44 bits per heavy atom. The van der Waals surface area contributed by atoms with Gasteiger partial charge in [0.15, 0.2) is 11.5 Å². The minimum Gasteiger partial charge on any atom is -0.493 e. The minimum atomic E-state index is -0.205. The molecule has 3 rings (SSSR count). The van der Waals surface area contributed by atoms with Crippen LogP contribution >= 0.6 is 0 Å². The third-order valence-corrected chi connectivity index (χ3v) is 4.68. The summed E-state index contributed by atoms with van der Waals surface area (Å²) in [5.41, 5.74) is 3.02. The summed E-state index contributed by atoms with van der Waals surface area (Å²) < 4.78 is 21.6. The van der Waals surface area contributed by atoms with Gasteiger partial charge in [0.2, 0.25) is 11.7 Å². The van der Waals surface area contributed by atoms with Crippen LogP contribution in [0.15, 0.2) is 30.3 Å². The molecule has 0 fully saturated rings. The summed E-state index contributed by atoms with van der Waals surface area (Å²) in [7, 11) is 4.71. The van der Waals surface area contributed by atoms with Crippen LogP contribution in [-0.4, -0.2) is 33.8 Å². The maximum absolute atomic E-state index is 12.5. The Morgan fingerprint density at radius 2 is 1.81 bits per heavy atom. The Balaban J connectivity index is 1.71. The van der Waals surface area contributed by atoms with Gasteiger partial charge in [-0.1, -0.05) is 12.1 Å². The lowest BCUT2D eigenvalue weighted by atomic mass is 10.0. The molecule has 1 N–H and O–H groups in total. The van der Waals surface area contributed by atoms with E-state index < -0.39 is 0 Å². The number of hydrogen-bond acceptors (Lipinski definition) is 5. The molecular formula is C21H25NO5. The Bertz CT molecular complexity index is 808. The van der Waals surface area contributed by atoms with E-state index in [1.807, 2.05) is 37.3 Å². The van der Waals surface area contributed by atoms with Gasteiger partial charge >= 0.3 is 0 Å². The molecule has 0 radical (unpaired) electrons. The topological polar surface area (TPSA) is 66.0 Å². The molecule has 6 nitrogen and oxygen atoms in total. The standard InChI is InChI=1S/C21H25NO5/c1-13(16-11-18(24-2)21(26-4)19(12-16)25-3)22-20(23)10-14-5-6-17-15(9-14)7-8-27-17/h5-6,9,11-13H,7-8,10H2,1-4H3,(H,22,23). The van der Waals surface area contributed by atoms with Crippen molar-refractivity contribution in [2.45, 2.75) is 25.8 Å². The third-order valence-electron chi connectivity index (χ3n) is 4.68. The van der Waals surface area contributed by atoms with E-state index in [2.05, 4.69) is 5.32 Å². The van der Waals surface area contributed by atoms with Crippen LogP contribution in [0.4, 0.5) is 0 Å². The van der Waals surface area contributed by atoms with E-state index in [-0.39, 0.29) is 11.9 Å². The van der Waals surface area contributed by atoms with E-state index in [1.165, 1.54) is 0 Å². The second-order valence-corrected chi connectivity index (χ2v) is 6.47. The quantitative estimate of drug-likeness (QED) is 0.810. The molecule has 2 aromatic carbocycles. The first kappa shape index (κ1) is 18.9. The fraction of sp³-hybridized carbons (Fsp3) is 0.381. The van der Waals surface area contributed by atoms with Gasteiger partial charge in [0.1, 0.15) is 5.75 Å². The first-order valence-corrected chi connectivity index (χ1v) is 8.89. The molecule has 0 saturated carbocycles. The van der Waals surface area contributed by atoms with Gasteiger partial charge in [0.25, 0.3) is 0 Å². The molecule has 1 aliphatic heterocycles. The van der Waals surface area contributed by atoms with Gasteiger partial charge in [-0.3, -0.25) is 4.79 Å². The maximum atomic E-state index is 12.5. The number of methoxy groups -OCH3 is 3. The molecule has 0 aromatic heterocycles. The predicted octanol–water partition coefficient (Wildman–Crippen LogP) is 3.07. The van der Waals surface area contributed by atoms with E-state index in [0.717, 1.165) is 28.9 Å². The lowest BCUT2D eigenvalue weighted by Crippen LogP contribution is -2.28. The smallest absolute Gasteiger partial charge is 0.224 e. The fourth-order valence-corrected chi connectivity index (χ4v) is 3.26. The van der Waals surface area contributed by atoms with E-state index >= 15 is 0 Å². The zero-order valence-electron chi connectivity index (χ0n) is 16.1. The molecule has 1 amide bonds. The van der Waals surface area contributed by atoms with E-state index in [4.69, 9.17) is 18.9 Å². The molecule has 27 heavy (non-hydrogen) atoms. The van der Waals surface area contributed by atoms with Crippen molar-refractivity contribution in [2.75, 3.05) is 27.9 Å². The van der Waals surface area contributed by atoms with Crippen LogP contribution in [0.2, 0.25) is 0 Å². The number of rotatable bonds is 7. The normalized spacial score (nSPS) is 13.3. The molecule has 1 atom stereocenters. The van der Waals surface area contributed by atoms with Gasteiger partial charge in [-0.25, -0.2) is 0 Å². The van der Waals surface area contributed by atoms with Crippen molar-refractivity contribution < 1.29 is 23.7 Å². The SMILES string of the molecule is COc1cc(C(C)NC(=O)Cc2ccc3c(c2)CCO3)cc(OC)c1OC. The average Bonchev–Trinajstić information content (AvgIpc) is 3.14. The molecule has 144 valence electrons. The highest BCUT2D eigenvalue weighted by atomic mass is 16.5. The molecule has 1 unspecified atom stereocenters. The maximum Gasteiger partial charge on any atom is 0.224 e. The van der Waals surface area contributed by atoms with Crippen molar-refractivity contribution in [3.63, 3.8) is 0 Å². The van der Waals surface area contributed by atoms with Crippen molar-refractivity contribution in [1.82, 2.24) is 5.32 Å². The summed E-state index contributed by atoms with van der Waals surface area (Å²) in [6, 6.07) is 9.41. The second-order valence-electron chi connectivity index (χ2n) is 6.47. The number of fused-ring (bicyclic) bond motifs is 1. The number of hydrogen-bond donors (Lipinski definition) is 1. The van der Waals surface area contributed by atoms with Crippen molar-refractivity contribution >= 4 is 5.91 Å². The van der Waals surface area contributed by atoms with Gasteiger partial charge in [0.05, 0.1) is 40.4 Å². The highest BCUT2D eigenvalue weighted by Gasteiger charge is 2.18. The van der Waals surface area contributed by atoms with Crippen LogP contribution in [0, 0.1) is 0 Å². The second kappa shape index (κ2) is 8.20. The fourth-order valence-electron chi connectivity index (χ4n) is 3.26.